The smallest absolute Gasteiger partial charge is 0.206 e. The second-order valence-electron chi connectivity index (χ2n) is 7.51. The summed E-state index contributed by atoms with van der Waals surface area (Å²) >= 11 is 1.38. The van der Waals surface area contributed by atoms with Crippen LogP contribution in [0, 0.1) is 44.8 Å². The standard InChI is InChI=1S/C20H15N5OS/c1-18(2)19(3,20(18,9-22)10-23)14-15(26)11(8-21)16(24)25-12-6-4-5-7-13(12)27-17(14)25/h4-7H,24H2,1-3H3/t19-/m0/s1. The largest absolute Gasteiger partial charge is 0.384 e. The van der Waals surface area contributed by atoms with Gasteiger partial charge in [0.05, 0.1) is 22.4 Å². The second kappa shape index (κ2) is 4.88. The molecule has 0 aliphatic heterocycles. The fraction of sp³-hybridized carbons (Fsp3) is 0.300. The number of benzene rings is 1. The van der Waals surface area contributed by atoms with E-state index in [-0.39, 0.29) is 11.4 Å². The molecular formula is C20H15N5OS. The Morgan fingerprint density at radius 2 is 1.74 bits per heavy atom. The minimum Gasteiger partial charge on any atom is -0.384 e. The van der Waals surface area contributed by atoms with E-state index in [9.17, 15) is 20.6 Å². The van der Waals surface area contributed by atoms with E-state index in [1.807, 2.05) is 44.2 Å². The SMILES string of the molecule is CC1(C)C(C#N)(C#N)[C@@]1(C)c1c(=O)c(C#N)c(N)n2c1sc1ccccc12. The van der Waals surface area contributed by atoms with Crippen LogP contribution in [0.15, 0.2) is 29.1 Å². The predicted octanol–water partition coefficient (Wildman–Crippen LogP) is 3.30. The van der Waals surface area contributed by atoms with Gasteiger partial charge in [-0.3, -0.25) is 9.20 Å². The molecule has 0 bridgehead atoms. The highest BCUT2D eigenvalue weighted by Crippen LogP contribution is 2.77. The first-order valence-corrected chi connectivity index (χ1v) is 9.14. The van der Waals surface area contributed by atoms with Gasteiger partial charge in [0.1, 0.15) is 22.3 Å². The fourth-order valence-electron chi connectivity index (χ4n) is 4.51. The van der Waals surface area contributed by atoms with E-state index in [1.165, 1.54) is 11.3 Å². The molecule has 0 saturated heterocycles. The van der Waals surface area contributed by atoms with Crippen molar-refractivity contribution in [2.75, 3.05) is 5.73 Å². The number of aromatic nitrogens is 1. The van der Waals surface area contributed by atoms with Crippen molar-refractivity contribution in [3.63, 3.8) is 0 Å². The van der Waals surface area contributed by atoms with E-state index < -0.39 is 21.7 Å². The summed E-state index contributed by atoms with van der Waals surface area (Å²) < 4.78 is 2.61. The summed E-state index contributed by atoms with van der Waals surface area (Å²) in [7, 11) is 0. The van der Waals surface area contributed by atoms with Crippen molar-refractivity contribution in [2.45, 2.75) is 26.2 Å². The Balaban J connectivity index is 2.29. The van der Waals surface area contributed by atoms with Crippen molar-refractivity contribution in [1.29, 1.82) is 15.8 Å². The van der Waals surface area contributed by atoms with Crippen molar-refractivity contribution >= 4 is 32.2 Å². The van der Waals surface area contributed by atoms with Crippen LogP contribution in [0.2, 0.25) is 0 Å². The van der Waals surface area contributed by atoms with Crippen LogP contribution in [0.4, 0.5) is 5.82 Å². The summed E-state index contributed by atoms with van der Waals surface area (Å²) in [6, 6.07) is 13.7. The number of nitrogen functional groups attached to an aromatic ring is 1. The zero-order chi connectivity index (χ0) is 19.8. The van der Waals surface area contributed by atoms with Gasteiger partial charge in [-0.05, 0) is 12.1 Å². The lowest BCUT2D eigenvalue weighted by atomic mass is 9.87. The number of para-hydroxylation sites is 1. The average molecular weight is 373 g/mol. The number of thiazole rings is 1. The first kappa shape index (κ1) is 17.1. The highest BCUT2D eigenvalue weighted by molar-refractivity contribution is 7.24. The van der Waals surface area contributed by atoms with E-state index in [0.29, 0.717) is 10.4 Å². The molecule has 1 aliphatic rings. The molecule has 0 unspecified atom stereocenters. The number of rotatable bonds is 1. The lowest BCUT2D eigenvalue weighted by Gasteiger charge is -2.17. The van der Waals surface area contributed by atoms with Gasteiger partial charge in [0, 0.05) is 16.4 Å². The van der Waals surface area contributed by atoms with Gasteiger partial charge in [0.15, 0.2) is 5.41 Å². The quantitative estimate of drug-likeness (QED) is 0.702. The molecule has 4 rings (SSSR count). The summed E-state index contributed by atoms with van der Waals surface area (Å²) in [6.07, 6.45) is 0. The Morgan fingerprint density at radius 1 is 1.11 bits per heavy atom. The van der Waals surface area contributed by atoms with Crippen molar-refractivity contribution in [3.05, 3.63) is 45.6 Å². The molecule has 0 spiro atoms. The van der Waals surface area contributed by atoms with Gasteiger partial charge in [-0.1, -0.05) is 32.9 Å². The lowest BCUT2D eigenvalue weighted by molar-refractivity contribution is 0.517. The molecule has 132 valence electrons. The Kier molecular flexibility index (Phi) is 3.09. The molecule has 0 amide bonds. The molecule has 0 radical (unpaired) electrons. The van der Waals surface area contributed by atoms with E-state index in [4.69, 9.17) is 5.73 Å². The monoisotopic (exact) mass is 373 g/mol. The van der Waals surface area contributed by atoms with E-state index >= 15 is 0 Å². The molecule has 1 aliphatic carbocycles. The molecule has 1 aromatic carbocycles. The van der Waals surface area contributed by atoms with Gasteiger partial charge < -0.3 is 5.73 Å². The third-order valence-electron chi connectivity index (χ3n) is 6.50. The van der Waals surface area contributed by atoms with Gasteiger partial charge in [0.25, 0.3) is 0 Å². The summed E-state index contributed by atoms with van der Waals surface area (Å²) in [5, 5.41) is 29.2. The molecule has 1 atom stereocenters. The number of anilines is 1. The van der Waals surface area contributed by atoms with Crippen LogP contribution in [-0.2, 0) is 5.41 Å². The Morgan fingerprint density at radius 3 is 2.30 bits per heavy atom. The fourth-order valence-corrected chi connectivity index (χ4v) is 5.82. The predicted molar refractivity (Wildman–Crippen MR) is 103 cm³/mol. The van der Waals surface area contributed by atoms with Crippen LogP contribution in [0.5, 0.6) is 0 Å². The summed E-state index contributed by atoms with van der Waals surface area (Å²) in [5.74, 6) is 0.0836. The minimum absolute atomic E-state index is 0.0836. The number of nitrogens with zero attached hydrogens (tertiary/aromatic N) is 4. The zero-order valence-corrected chi connectivity index (χ0v) is 15.8. The Hall–Kier alpha value is -3.34. The molecule has 1 saturated carbocycles. The second-order valence-corrected chi connectivity index (χ2v) is 8.54. The van der Waals surface area contributed by atoms with Crippen LogP contribution in [-0.4, -0.2) is 4.40 Å². The van der Waals surface area contributed by atoms with Gasteiger partial charge in [-0.25, -0.2) is 0 Å². The molecular weight excluding hydrogens is 358 g/mol. The van der Waals surface area contributed by atoms with Crippen LogP contribution >= 0.6 is 11.3 Å². The van der Waals surface area contributed by atoms with Gasteiger partial charge >= 0.3 is 0 Å². The number of nitrogens with two attached hydrogens (primary N) is 1. The molecule has 1 fully saturated rings. The number of nitriles is 3. The topological polar surface area (TPSA) is 119 Å². The zero-order valence-electron chi connectivity index (χ0n) is 15.0. The van der Waals surface area contributed by atoms with E-state index in [2.05, 4.69) is 12.1 Å². The molecule has 2 N–H and O–H groups in total. The lowest BCUT2D eigenvalue weighted by Crippen LogP contribution is -2.27. The number of fused-ring (bicyclic) bond motifs is 3. The van der Waals surface area contributed by atoms with Crippen LogP contribution in [0.3, 0.4) is 0 Å². The minimum atomic E-state index is -1.36. The highest BCUT2D eigenvalue weighted by Gasteiger charge is 2.83. The summed E-state index contributed by atoms with van der Waals surface area (Å²) in [4.78, 5) is 13.9. The molecule has 7 heteroatoms. The highest BCUT2D eigenvalue weighted by atomic mass is 32.1. The molecule has 6 nitrogen and oxygen atoms in total. The Bertz CT molecular complexity index is 1330. The van der Waals surface area contributed by atoms with Crippen LogP contribution < -0.4 is 11.2 Å². The third-order valence-corrected chi connectivity index (χ3v) is 7.65. The van der Waals surface area contributed by atoms with Crippen LogP contribution in [0.1, 0.15) is 31.9 Å². The first-order chi connectivity index (χ1) is 12.7. The number of hydrogen-bond acceptors (Lipinski definition) is 6. The van der Waals surface area contributed by atoms with Crippen molar-refractivity contribution < 1.29 is 0 Å². The summed E-state index contributed by atoms with van der Waals surface area (Å²) in [5.41, 5.74) is 3.52. The molecule has 27 heavy (non-hydrogen) atoms. The maximum Gasteiger partial charge on any atom is 0.206 e. The van der Waals surface area contributed by atoms with Crippen molar-refractivity contribution in [3.8, 4) is 18.2 Å². The van der Waals surface area contributed by atoms with Gasteiger partial charge in [-0.15, -0.1) is 11.3 Å². The Labute approximate surface area is 159 Å². The normalized spacial score (nSPS) is 22.1. The van der Waals surface area contributed by atoms with Crippen LogP contribution in [0.25, 0.3) is 15.0 Å². The maximum atomic E-state index is 13.3. The average Bonchev–Trinajstić information content (AvgIpc) is 2.90. The van der Waals surface area contributed by atoms with Crippen molar-refractivity contribution in [1.82, 2.24) is 4.40 Å². The molecule has 2 heterocycles. The molecule has 3 aromatic rings. The van der Waals surface area contributed by atoms with Crippen molar-refractivity contribution in [2.24, 2.45) is 10.8 Å². The number of pyridine rings is 1. The van der Waals surface area contributed by atoms with E-state index in [0.717, 1.165) is 10.2 Å². The van der Waals surface area contributed by atoms with Gasteiger partial charge in [0.2, 0.25) is 5.43 Å². The van der Waals surface area contributed by atoms with E-state index in [1.54, 1.807) is 11.3 Å². The van der Waals surface area contributed by atoms with Gasteiger partial charge in [-0.2, -0.15) is 15.8 Å². The summed E-state index contributed by atoms with van der Waals surface area (Å²) in [6.45, 7) is 5.38. The molecule has 2 aromatic heterocycles. The number of hydrogen-bond donors (Lipinski definition) is 1. The maximum absolute atomic E-state index is 13.3. The third kappa shape index (κ3) is 1.56. The first-order valence-electron chi connectivity index (χ1n) is 8.32.